The molecule has 160 valence electrons. The molecule has 0 unspecified atom stereocenters. The number of aromatic hydroxyl groups is 1. The predicted molar refractivity (Wildman–Crippen MR) is 121 cm³/mol. The predicted octanol–water partition coefficient (Wildman–Crippen LogP) is 4.62. The van der Waals surface area contributed by atoms with Gasteiger partial charge in [-0.15, -0.1) is 0 Å². The van der Waals surface area contributed by atoms with Crippen LogP contribution < -0.4 is 4.72 Å². The van der Waals surface area contributed by atoms with Gasteiger partial charge in [0.25, 0.3) is 10.0 Å². The molecule has 1 heterocycles. The van der Waals surface area contributed by atoms with Crippen LogP contribution in [0.1, 0.15) is 10.4 Å². The lowest BCUT2D eigenvalue weighted by atomic mass is 9.93. The summed E-state index contributed by atoms with van der Waals surface area (Å²) in [7, 11) is -3.80. The van der Waals surface area contributed by atoms with Gasteiger partial charge in [0, 0.05) is 6.20 Å². The maximum Gasteiger partial charge on any atom is 0.339 e. The van der Waals surface area contributed by atoms with E-state index < -0.39 is 16.0 Å². The minimum atomic E-state index is -3.80. The quantitative estimate of drug-likeness (QED) is 0.398. The van der Waals surface area contributed by atoms with Crippen LogP contribution in [-0.2, 0) is 10.0 Å². The number of carboxylic acid groups (broad SMARTS) is 1. The summed E-state index contributed by atoms with van der Waals surface area (Å²) in [6.07, 6.45) is 1.50. The highest BCUT2D eigenvalue weighted by Gasteiger charge is 2.16. The number of aromatic nitrogens is 1. The highest BCUT2D eigenvalue weighted by molar-refractivity contribution is 7.92. The second-order valence-corrected chi connectivity index (χ2v) is 8.61. The van der Waals surface area contributed by atoms with Crippen LogP contribution >= 0.6 is 0 Å². The largest absolute Gasteiger partial charge is 0.507 e. The van der Waals surface area contributed by atoms with Gasteiger partial charge >= 0.3 is 5.97 Å². The number of pyridine rings is 1. The molecule has 0 atom stereocenters. The zero-order valence-electron chi connectivity index (χ0n) is 16.6. The lowest BCUT2D eigenvalue weighted by Crippen LogP contribution is -2.13. The molecule has 0 saturated carbocycles. The van der Waals surface area contributed by atoms with Crippen molar-refractivity contribution in [3.63, 3.8) is 0 Å². The van der Waals surface area contributed by atoms with E-state index in [0.29, 0.717) is 5.56 Å². The molecule has 8 heteroatoms. The van der Waals surface area contributed by atoms with E-state index in [9.17, 15) is 23.4 Å². The molecule has 3 aromatic carbocycles. The van der Waals surface area contributed by atoms with Gasteiger partial charge in [0.15, 0.2) is 0 Å². The third-order valence-electron chi connectivity index (χ3n) is 4.84. The first-order chi connectivity index (χ1) is 15.3. The van der Waals surface area contributed by atoms with E-state index in [1.165, 1.54) is 30.5 Å². The highest BCUT2D eigenvalue weighted by Crippen LogP contribution is 2.34. The first-order valence-electron chi connectivity index (χ1n) is 9.55. The van der Waals surface area contributed by atoms with Crippen LogP contribution in [0.4, 0.5) is 5.82 Å². The monoisotopic (exact) mass is 446 g/mol. The number of carboxylic acids is 1. The summed E-state index contributed by atoms with van der Waals surface area (Å²) < 4.78 is 27.7. The Morgan fingerprint density at radius 3 is 2.06 bits per heavy atom. The van der Waals surface area contributed by atoms with Gasteiger partial charge in [-0.05, 0) is 58.7 Å². The minimum Gasteiger partial charge on any atom is -0.507 e. The van der Waals surface area contributed by atoms with E-state index in [2.05, 4.69) is 9.71 Å². The molecule has 0 aliphatic heterocycles. The summed E-state index contributed by atoms with van der Waals surface area (Å²) in [5.41, 5.74) is 2.71. The van der Waals surface area contributed by atoms with Gasteiger partial charge in [0.2, 0.25) is 0 Å². The van der Waals surface area contributed by atoms with E-state index in [-0.39, 0.29) is 22.0 Å². The standard InChI is InChI=1S/C24H18N2O5S/c27-22-13-10-17(15-21(22)24(28)29)20-6-2-1-5-19(20)16-8-11-18(12-9-16)32(30,31)26-23-7-3-4-14-25-23/h1-15,27H,(H,25,26)(H,28,29). The number of nitrogens with zero attached hydrogens (tertiary/aromatic N) is 1. The minimum absolute atomic E-state index is 0.0854. The summed E-state index contributed by atoms with van der Waals surface area (Å²) in [5, 5.41) is 19.1. The number of aromatic carboxylic acids is 1. The molecule has 1 aromatic heterocycles. The Kier molecular flexibility index (Phi) is 5.61. The second kappa shape index (κ2) is 8.52. The number of phenols is 1. The van der Waals surface area contributed by atoms with E-state index in [1.54, 1.807) is 36.4 Å². The molecule has 4 aromatic rings. The smallest absolute Gasteiger partial charge is 0.339 e. The van der Waals surface area contributed by atoms with Crippen molar-refractivity contribution in [1.29, 1.82) is 0 Å². The molecule has 0 aliphatic rings. The summed E-state index contributed by atoms with van der Waals surface area (Å²) in [4.78, 5) is 15.5. The molecular weight excluding hydrogens is 428 g/mol. The van der Waals surface area contributed by atoms with Gasteiger partial charge in [0.1, 0.15) is 17.1 Å². The fourth-order valence-corrected chi connectivity index (χ4v) is 4.30. The number of rotatable bonds is 6. The Morgan fingerprint density at radius 2 is 1.44 bits per heavy atom. The zero-order chi connectivity index (χ0) is 22.7. The summed E-state index contributed by atoms with van der Waals surface area (Å²) in [5.74, 6) is -1.31. The van der Waals surface area contributed by atoms with Gasteiger partial charge in [-0.25, -0.2) is 18.2 Å². The lowest BCUT2D eigenvalue weighted by molar-refractivity contribution is 0.0693. The van der Waals surface area contributed by atoms with E-state index >= 15 is 0 Å². The van der Waals surface area contributed by atoms with Crippen molar-refractivity contribution in [2.24, 2.45) is 0 Å². The fourth-order valence-electron chi connectivity index (χ4n) is 3.29. The fraction of sp³-hybridized carbons (Fsp3) is 0. The Bertz CT molecular complexity index is 1390. The first-order valence-corrected chi connectivity index (χ1v) is 11.0. The van der Waals surface area contributed by atoms with Crippen molar-refractivity contribution in [3.8, 4) is 28.0 Å². The number of hydrogen-bond acceptors (Lipinski definition) is 5. The molecule has 7 nitrogen and oxygen atoms in total. The Hall–Kier alpha value is -4.17. The Labute approximate surface area is 184 Å². The summed E-state index contributed by atoms with van der Waals surface area (Å²) in [6, 6.07) is 23.0. The molecular formula is C24H18N2O5S. The molecule has 0 radical (unpaired) electrons. The number of carbonyl (C=O) groups is 1. The molecule has 0 spiro atoms. The molecule has 0 aliphatic carbocycles. The van der Waals surface area contributed by atoms with E-state index in [1.807, 2.05) is 24.3 Å². The van der Waals surface area contributed by atoms with Crippen molar-refractivity contribution < 1.29 is 23.4 Å². The third kappa shape index (κ3) is 4.30. The molecule has 3 N–H and O–H groups in total. The van der Waals surface area contributed by atoms with Crippen molar-refractivity contribution in [1.82, 2.24) is 4.98 Å². The van der Waals surface area contributed by atoms with Crippen LogP contribution in [-0.4, -0.2) is 29.6 Å². The SMILES string of the molecule is O=C(O)c1cc(-c2ccccc2-c2ccc(S(=O)(=O)Nc3ccccn3)cc2)ccc1O. The Balaban J connectivity index is 1.69. The van der Waals surface area contributed by atoms with Gasteiger partial charge < -0.3 is 10.2 Å². The maximum atomic E-state index is 12.6. The summed E-state index contributed by atoms with van der Waals surface area (Å²) >= 11 is 0. The lowest BCUT2D eigenvalue weighted by Gasteiger charge is -2.12. The molecule has 0 saturated heterocycles. The van der Waals surface area contributed by atoms with Crippen molar-refractivity contribution in [3.05, 3.63) is 96.7 Å². The van der Waals surface area contributed by atoms with Crippen LogP contribution in [0.15, 0.2) is 96.0 Å². The summed E-state index contributed by atoms with van der Waals surface area (Å²) in [6.45, 7) is 0. The number of sulfonamides is 1. The maximum absolute atomic E-state index is 12.6. The van der Waals surface area contributed by atoms with Crippen molar-refractivity contribution in [2.75, 3.05) is 4.72 Å². The molecule has 0 amide bonds. The average Bonchev–Trinajstić information content (AvgIpc) is 2.80. The zero-order valence-corrected chi connectivity index (χ0v) is 17.5. The van der Waals surface area contributed by atoms with Gasteiger partial charge in [-0.1, -0.05) is 48.5 Å². The number of benzene rings is 3. The van der Waals surface area contributed by atoms with Gasteiger partial charge in [-0.2, -0.15) is 0 Å². The van der Waals surface area contributed by atoms with Crippen LogP contribution in [0.3, 0.4) is 0 Å². The van der Waals surface area contributed by atoms with Crippen LogP contribution in [0, 0.1) is 0 Å². The van der Waals surface area contributed by atoms with Gasteiger partial charge in [-0.3, -0.25) is 4.72 Å². The average molecular weight is 446 g/mol. The molecule has 0 fully saturated rings. The van der Waals surface area contributed by atoms with Gasteiger partial charge in [0.05, 0.1) is 4.90 Å². The second-order valence-electron chi connectivity index (χ2n) is 6.93. The number of anilines is 1. The first kappa shape index (κ1) is 21.1. The normalized spacial score (nSPS) is 11.1. The van der Waals surface area contributed by atoms with E-state index in [0.717, 1.165) is 16.7 Å². The number of hydrogen-bond donors (Lipinski definition) is 3. The Morgan fingerprint density at radius 1 is 0.812 bits per heavy atom. The highest BCUT2D eigenvalue weighted by atomic mass is 32.2. The van der Waals surface area contributed by atoms with E-state index in [4.69, 9.17) is 0 Å². The molecule has 32 heavy (non-hydrogen) atoms. The number of nitrogens with one attached hydrogen (secondary N) is 1. The van der Waals surface area contributed by atoms with Crippen LogP contribution in [0.5, 0.6) is 5.75 Å². The molecule has 0 bridgehead atoms. The van der Waals surface area contributed by atoms with Crippen LogP contribution in [0.2, 0.25) is 0 Å². The van der Waals surface area contributed by atoms with Crippen LogP contribution in [0.25, 0.3) is 22.3 Å². The van der Waals surface area contributed by atoms with Crippen molar-refractivity contribution >= 4 is 21.8 Å². The third-order valence-corrected chi connectivity index (χ3v) is 6.22. The topological polar surface area (TPSA) is 117 Å². The molecule has 4 rings (SSSR count). The van der Waals surface area contributed by atoms with Crippen molar-refractivity contribution in [2.45, 2.75) is 4.90 Å².